The fraction of sp³-hybridized carbons (Fsp3) is 0.154. The molecule has 1 aromatic carbocycles. The van der Waals surface area contributed by atoms with Crippen molar-refractivity contribution in [2.24, 2.45) is 0 Å². The second kappa shape index (κ2) is 6.16. The molecule has 2 amide bonds. The Morgan fingerprint density at radius 2 is 1.95 bits per heavy atom. The highest BCUT2D eigenvalue weighted by Gasteiger charge is 2.09. The number of nitrogens with zero attached hydrogens (tertiary/aromatic N) is 1. The number of urea groups is 1. The molecule has 0 atom stereocenters. The summed E-state index contributed by atoms with van der Waals surface area (Å²) in [5.41, 5.74) is 2.21. The van der Waals surface area contributed by atoms with E-state index in [1.807, 2.05) is 19.1 Å². The first-order chi connectivity index (χ1) is 9.52. The topological polar surface area (TPSA) is 91.3 Å². The zero-order valence-corrected chi connectivity index (χ0v) is 11.5. The van der Waals surface area contributed by atoms with Gasteiger partial charge in [0.2, 0.25) is 0 Å². The fourth-order valence-electron chi connectivity index (χ4n) is 1.50. The van der Waals surface area contributed by atoms with E-state index < -0.39 is 12.0 Å². The molecule has 2 rings (SSSR count). The minimum absolute atomic E-state index is 0.155. The number of aromatic nitrogens is 1. The van der Waals surface area contributed by atoms with E-state index in [4.69, 9.17) is 5.11 Å². The van der Waals surface area contributed by atoms with E-state index in [0.29, 0.717) is 16.5 Å². The largest absolute Gasteiger partial charge is 0.481 e. The number of hydrogen-bond acceptors (Lipinski definition) is 4. The van der Waals surface area contributed by atoms with Gasteiger partial charge in [0.05, 0.1) is 12.1 Å². The quantitative estimate of drug-likeness (QED) is 0.807. The van der Waals surface area contributed by atoms with E-state index in [0.717, 1.165) is 5.56 Å². The molecule has 0 fully saturated rings. The summed E-state index contributed by atoms with van der Waals surface area (Å²) in [5.74, 6) is -0.953. The number of carbonyl (C=O) groups excluding carboxylic acids is 1. The van der Waals surface area contributed by atoms with Gasteiger partial charge in [-0.25, -0.2) is 9.78 Å². The molecule has 1 heterocycles. The van der Waals surface area contributed by atoms with E-state index >= 15 is 0 Å². The van der Waals surface area contributed by atoms with Crippen molar-refractivity contribution in [2.45, 2.75) is 13.3 Å². The molecule has 0 aliphatic rings. The van der Waals surface area contributed by atoms with Crippen molar-refractivity contribution in [1.29, 1.82) is 0 Å². The number of nitrogens with one attached hydrogen (secondary N) is 2. The summed E-state index contributed by atoms with van der Waals surface area (Å²) < 4.78 is 0. The lowest BCUT2D eigenvalue weighted by molar-refractivity contribution is -0.136. The van der Waals surface area contributed by atoms with Crippen LogP contribution in [0.5, 0.6) is 0 Å². The van der Waals surface area contributed by atoms with Gasteiger partial charge >= 0.3 is 12.0 Å². The van der Waals surface area contributed by atoms with Crippen LogP contribution < -0.4 is 10.6 Å². The summed E-state index contributed by atoms with van der Waals surface area (Å²) >= 11 is 1.19. The molecule has 0 unspecified atom stereocenters. The van der Waals surface area contributed by atoms with Crippen molar-refractivity contribution < 1.29 is 14.7 Å². The summed E-state index contributed by atoms with van der Waals surface area (Å²) in [6, 6.07) is 6.97. The lowest BCUT2D eigenvalue weighted by Crippen LogP contribution is -2.19. The Labute approximate surface area is 119 Å². The Morgan fingerprint density at radius 1 is 1.25 bits per heavy atom. The molecule has 0 spiro atoms. The van der Waals surface area contributed by atoms with Gasteiger partial charge in [-0.3, -0.25) is 10.1 Å². The predicted octanol–water partition coefficient (Wildman–Crippen LogP) is 2.72. The number of aryl methyl sites for hydroxylation is 1. The van der Waals surface area contributed by atoms with Crippen molar-refractivity contribution >= 4 is 34.2 Å². The van der Waals surface area contributed by atoms with Gasteiger partial charge < -0.3 is 10.4 Å². The maximum Gasteiger partial charge on any atom is 0.325 e. The first kappa shape index (κ1) is 14.0. The van der Waals surface area contributed by atoms with Gasteiger partial charge in [0.25, 0.3) is 0 Å². The summed E-state index contributed by atoms with van der Waals surface area (Å²) in [6.07, 6.45) is -0.155. The number of carboxylic acid groups (broad SMARTS) is 1. The third-order valence-electron chi connectivity index (χ3n) is 2.41. The van der Waals surface area contributed by atoms with E-state index in [2.05, 4.69) is 15.6 Å². The number of anilines is 2. The van der Waals surface area contributed by atoms with Gasteiger partial charge in [0.1, 0.15) is 0 Å². The number of benzene rings is 1. The standard InChI is InChI=1S/C13H13N3O3S/c1-8-2-4-9(5-3-8)14-12(19)16-13-15-10(7-20-13)6-11(17)18/h2-5,7H,6H2,1H3,(H,17,18)(H2,14,15,16,19). The van der Waals surface area contributed by atoms with Crippen LogP contribution in [0, 0.1) is 6.92 Å². The highest BCUT2D eigenvalue weighted by atomic mass is 32.1. The zero-order chi connectivity index (χ0) is 14.5. The molecule has 2 aromatic rings. The van der Waals surface area contributed by atoms with Crippen molar-refractivity contribution in [3.63, 3.8) is 0 Å². The second-order valence-electron chi connectivity index (χ2n) is 4.16. The van der Waals surface area contributed by atoms with E-state index in [9.17, 15) is 9.59 Å². The number of carboxylic acids is 1. The van der Waals surface area contributed by atoms with Crippen LogP contribution in [0.4, 0.5) is 15.6 Å². The molecular weight excluding hydrogens is 278 g/mol. The van der Waals surface area contributed by atoms with Crippen LogP contribution >= 0.6 is 11.3 Å². The first-order valence-electron chi connectivity index (χ1n) is 5.84. The summed E-state index contributed by atoms with van der Waals surface area (Å²) in [7, 11) is 0. The fourth-order valence-corrected chi connectivity index (χ4v) is 2.20. The highest BCUT2D eigenvalue weighted by molar-refractivity contribution is 7.13. The molecule has 20 heavy (non-hydrogen) atoms. The number of rotatable bonds is 4. The summed E-state index contributed by atoms with van der Waals surface area (Å²) in [4.78, 5) is 26.3. The minimum Gasteiger partial charge on any atom is -0.481 e. The van der Waals surface area contributed by atoms with Gasteiger partial charge in [0.15, 0.2) is 5.13 Å². The van der Waals surface area contributed by atoms with Gasteiger partial charge in [-0.1, -0.05) is 17.7 Å². The molecule has 3 N–H and O–H groups in total. The molecule has 1 aromatic heterocycles. The number of thiazole rings is 1. The normalized spacial score (nSPS) is 10.1. The van der Waals surface area contributed by atoms with E-state index in [1.54, 1.807) is 17.5 Å². The van der Waals surface area contributed by atoms with Crippen molar-refractivity contribution in [3.8, 4) is 0 Å². The van der Waals surface area contributed by atoms with Crippen molar-refractivity contribution in [3.05, 3.63) is 40.9 Å². The Balaban J connectivity index is 1.92. The number of carbonyl (C=O) groups is 2. The van der Waals surface area contributed by atoms with Crippen LogP contribution in [0.25, 0.3) is 0 Å². The van der Waals surface area contributed by atoms with Crippen molar-refractivity contribution in [1.82, 2.24) is 4.98 Å². The average Bonchev–Trinajstić information content (AvgIpc) is 2.78. The average molecular weight is 291 g/mol. The van der Waals surface area contributed by atoms with Gasteiger partial charge in [-0.15, -0.1) is 11.3 Å². The maximum atomic E-state index is 11.7. The molecule has 0 bridgehead atoms. The second-order valence-corrected chi connectivity index (χ2v) is 5.02. The smallest absolute Gasteiger partial charge is 0.325 e. The Morgan fingerprint density at radius 3 is 2.60 bits per heavy atom. The molecular formula is C13H13N3O3S. The number of aliphatic carboxylic acids is 1. The van der Waals surface area contributed by atoms with Crippen LogP contribution in [-0.2, 0) is 11.2 Å². The number of amides is 2. The van der Waals surface area contributed by atoms with E-state index in [1.165, 1.54) is 11.3 Å². The van der Waals surface area contributed by atoms with E-state index in [-0.39, 0.29) is 6.42 Å². The minimum atomic E-state index is -0.953. The van der Waals surface area contributed by atoms with Gasteiger partial charge in [-0.2, -0.15) is 0 Å². The molecule has 0 saturated carbocycles. The van der Waals surface area contributed by atoms with Crippen LogP contribution in [0.1, 0.15) is 11.3 Å². The molecule has 104 valence electrons. The summed E-state index contributed by atoms with van der Waals surface area (Å²) in [6.45, 7) is 1.96. The molecule has 0 aliphatic heterocycles. The Kier molecular flexibility index (Phi) is 4.31. The monoisotopic (exact) mass is 291 g/mol. The zero-order valence-electron chi connectivity index (χ0n) is 10.7. The van der Waals surface area contributed by atoms with Crippen LogP contribution in [0.3, 0.4) is 0 Å². The van der Waals surface area contributed by atoms with Crippen LogP contribution in [0.15, 0.2) is 29.6 Å². The molecule has 0 aliphatic carbocycles. The van der Waals surface area contributed by atoms with Crippen LogP contribution in [0.2, 0.25) is 0 Å². The lowest BCUT2D eigenvalue weighted by atomic mass is 10.2. The van der Waals surface area contributed by atoms with Crippen molar-refractivity contribution in [2.75, 3.05) is 10.6 Å². The SMILES string of the molecule is Cc1ccc(NC(=O)Nc2nc(CC(=O)O)cs2)cc1. The Bertz CT molecular complexity index is 622. The third-order valence-corrected chi connectivity index (χ3v) is 3.22. The molecule has 7 heteroatoms. The third kappa shape index (κ3) is 4.06. The predicted molar refractivity (Wildman–Crippen MR) is 77.3 cm³/mol. The lowest BCUT2D eigenvalue weighted by Gasteiger charge is -2.05. The summed E-state index contributed by atoms with van der Waals surface area (Å²) in [5, 5.41) is 15.8. The maximum absolute atomic E-state index is 11.7. The van der Waals surface area contributed by atoms with Gasteiger partial charge in [0, 0.05) is 11.1 Å². The Hall–Kier alpha value is -2.41. The molecule has 6 nitrogen and oxygen atoms in total. The highest BCUT2D eigenvalue weighted by Crippen LogP contribution is 2.16. The molecule has 0 radical (unpaired) electrons. The van der Waals surface area contributed by atoms with Crippen LogP contribution in [-0.4, -0.2) is 22.1 Å². The number of hydrogen-bond donors (Lipinski definition) is 3. The molecule has 0 saturated heterocycles. The first-order valence-corrected chi connectivity index (χ1v) is 6.72. The van der Waals surface area contributed by atoms with Gasteiger partial charge in [-0.05, 0) is 19.1 Å².